The summed E-state index contributed by atoms with van der Waals surface area (Å²) in [5.74, 6) is -0.505. The third-order valence-corrected chi connectivity index (χ3v) is 3.86. The molecule has 0 aliphatic carbocycles. The van der Waals surface area contributed by atoms with Crippen LogP contribution in [-0.4, -0.2) is 48.5 Å². The van der Waals surface area contributed by atoms with Crippen LogP contribution in [-0.2, 0) is 9.59 Å². The van der Waals surface area contributed by atoms with Gasteiger partial charge in [0.05, 0.1) is 12.2 Å². The number of hydrogen-bond acceptors (Lipinski definition) is 4. The van der Waals surface area contributed by atoms with E-state index in [-0.39, 0.29) is 36.2 Å². The van der Waals surface area contributed by atoms with Crippen LogP contribution < -0.4 is 15.4 Å². The summed E-state index contributed by atoms with van der Waals surface area (Å²) in [6.07, 6.45) is 0.283. The van der Waals surface area contributed by atoms with Gasteiger partial charge in [0.2, 0.25) is 11.8 Å². The van der Waals surface area contributed by atoms with Crippen molar-refractivity contribution in [2.24, 2.45) is 0 Å². The largest absolute Gasteiger partial charge is 0.433 e. The second-order valence-corrected chi connectivity index (χ2v) is 6.18. The third-order valence-electron chi connectivity index (χ3n) is 3.86. The molecule has 132 valence electrons. The van der Waals surface area contributed by atoms with Crippen molar-refractivity contribution < 1.29 is 23.1 Å². The molecule has 2 N–H and O–H groups in total. The minimum absolute atomic E-state index is 0.0466. The maximum absolute atomic E-state index is 12.4. The molecule has 1 aromatic rings. The molecular formula is C16H21F2N3O3. The van der Waals surface area contributed by atoms with Crippen molar-refractivity contribution in [3.63, 3.8) is 0 Å². The Morgan fingerprint density at radius 1 is 1.42 bits per heavy atom. The molecule has 2 rings (SSSR count). The van der Waals surface area contributed by atoms with E-state index in [1.807, 2.05) is 18.7 Å². The zero-order chi connectivity index (χ0) is 17.7. The lowest BCUT2D eigenvalue weighted by Crippen LogP contribution is -2.48. The number of rotatable bonds is 5. The van der Waals surface area contributed by atoms with Crippen LogP contribution in [0, 0.1) is 0 Å². The molecule has 6 nitrogen and oxygen atoms in total. The summed E-state index contributed by atoms with van der Waals surface area (Å²) in [6.45, 7) is 1.84. The highest BCUT2D eigenvalue weighted by molar-refractivity contribution is 5.93. The molecule has 0 atom stereocenters. The van der Waals surface area contributed by atoms with Crippen molar-refractivity contribution in [2.75, 3.05) is 25.0 Å². The van der Waals surface area contributed by atoms with E-state index in [1.165, 1.54) is 12.1 Å². The van der Waals surface area contributed by atoms with Gasteiger partial charge in [0.25, 0.3) is 0 Å². The predicted molar refractivity (Wildman–Crippen MR) is 85.0 cm³/mol. The van der Waals surface area contributed by atoms with Crippen LogP contribution in [0.2, 0.25) is 0 Å². The summed E-state index contributed by atoms with van der Waals surface area (Å²) in [4.78, 5) is 25.8. The van der Waals surface area contributed by atoms with Gasteiger partial charge in [0.1, 0.15) is 5.75 Å². The third kappa shape index (κ3) is 4.89. The molecule has 0 saturated carbocycles. The van der Waals surface area contributed by atoms with Crippen molar-refractivity contribution in [3.05, 3.63) is 24.3 Å². The lowest BCUT2D eigenvalue weighted by Gasteiger charge is -2.35. The van der Waals surface area contributed by atoms with Crippen LogP contribution >= 0.6 is 0 Å². The minimum atomic E-state index is -2.97. The Morgan fingerprint density at radius 2 is 2.12 bits per heavy atom. The first-order chi connectivity index (χ1) is 11.3. The number of para-hydroxylation sites is 2. The normalized spacial score (nSPS) is 18.0. The van der Waals surface area contributed by atoms with Gasteiger partial charge in [-0.1, -0.05) is 12.1 Å². The molecule has 1 saturated heterocycles. The van der Waals surface area contributed by atoms with Gasteiger partial charge in [-0.25, -0.2) is 0 Å². The molecule has 1 aliphatic rings. The van der Waals surface area contributed by atoms with Gasteiger partial charge in [-0.05, 0) is 26.0 Å². The average Bonchev–Trinajstić information content (AvgIpc) is 2.58. The number of nitrogens with one attached hydrogen (secondary N) is 2. The van der Waals surface area contributed by atoms with E-state index in [0.717, 1.165) is 0 Å². The second kappa shape index (κ2) is 7.57. The minimum Gasteiger partial charge on any atom is -0.433 e. The summed E-state index contributed by atoms with van der Waals surface area (Å²) < 4.78 is 29.2. The van der Waals surface area contributed by atoms with Crippen LogP contribution in [0.3, 0.4) is 0 Å². The summed E-state index contributed by atoms with van der Waals surface area (Å²) in [6, 6.07) is 6.02. The van der Waals surface area contributed by atoms with E-state index in [9.17, 15) is 18.4 Å². The highest BCUT2D eigenvalue weighted by Crippen LogP contribution is 2.26. The second-order valence-electron chi connectivity index (χ2n) is 6.18. The Labute approximate surface area is 139 Å². The molecule has 0 unspecified atom stereocenters. The maximum atomic E-state index is 12.4. The fraction of sp³-hybridized carbons (Fsp3) is 0.500. The van der Waals surface area contributed by atoms with E-state index in [4.69, 9.17) is 0 Å². The van der Waals surface area contributed by atoms with Crippen molar-refractivity contribution in [1.82, 2.24) is 10.2 Å². The molecule has 0 spiro atoms. The predicted octanol–water partition coefficient (Wildman–Crippen LogP) is 1.83. The van der Waals surface area contributed by atoms with E-state index in [1.54, 1.807) is 12.1 Å². The van der Waals surface area contributed by atoms with Crippen LogP contribution in [0.25, 0.3) is 0 Å². The van der Waals surface area contributed by atoms with Gasteiger partial charge < -0.3 is 15.4 Å². The van der Waals surface area contributed by atoms with Gasteiger partial charge in [0, 0.05) is 25.0 Å². The summed E-state index contributed by atoms with van der Waals surface area (Å²) in [7, 11) is 0. The number of benzene rings is 1. The van der Waals surface area contributed by atoms with E-state index in [2.05, 4.69) is 15.4 Å². The van der Waals surface area contributed by atoms with E-state index in [0.29, 0.717) is 13.1 Å². The molecule has 1 fully saturated rings. The maximum Gasteiger partial charge on any atom is 0.387 e. The molecule has 2 amide bonds. The summed E-state index contributed by atoms with van der Waals surface area (Å²) >= 11 is 0. The lowest BCUT2D eigenvalue weighted by atomic mass is 9.98. The molecule has 0 bridgehead atoms. The van der Waals surface area contributed by atoms with Gasteiger partial charge in [-0.3, -0.25) is 14.5 Å². The molecule has 1 aliphatic heterocycles. The fourth-order valence-electron chi connectivity index (χ4n) is 2.62. The Balaban J connectivity index is 2.04. The number of ether oxygens (including phenoxy) is 1. The van der Waals surface area contributed by atoms with Crippen LogP contribution in [0.15, 0.2) is 24.3 Å². The van der Waals surface area contributed by atoms with Crippen LogP contribution in [0.5, 0.6) is 5.75 Å². The first kappa shape index (κ1) is 18.1. The molecule has 1 heterocycles. The van der Waals surface area contributed by atoms with Crippen LogP contribution in [0.1, 0.15) is 20.3 Å². The number of amides is 2. The highest BCUT2D eigenvalue weighted by Gasteiger charge is 2.33. The zero-order valence-electron chi connectivity index (χ0n) is 13.6. The van der Waals surface area contributed by atoms with E-state index >= 15 is 0 Å². The molecule has 24 heavy (non-hydrogen) atoms. The van der Waals surface area contributed by atoms with Crippen molar-refractivity contribution in [2.45, 2.75) is 32.4 Å². The molecule has 0 aromatic heterocycles. The lowest BCUT2D eigenvalue weighted by molar-refractivity contribution is -0.123. The Morgan fingerprint density at radius 3 is 2.83 bits per heavy atom. The van der Waals surface area contributed by atoms with Gasteiger partial charge in [-0.15, -0.1) is 0 Å². The topological polar surface area (TPSA) is 70.7 Å². The quantitative estimate of drug-likeness (QED) is 0.857. The summed E-state index contributed by atoms with van der Waals surface area (Å²) in [5, 5.41) is 5.36. The van der Waals surface area contributed by atoms with Crippen molar-refractivity contribution in [3.8, 4) is 5.75 Å². The number of nitrogens with zero attached hydrogens (tertiary/aromatic N) is 1. The molecule has 0 radical (unpaired) electrons. The van der Waals surface area contributed by atoms with Crippen molar-refractivity contribution >= 4 is 17.5 Å². The molecular weight excluding hydrogens is 320 g/mol. The number of carbonyl (C=O) groups excluding carboxylic acids is 2. The number of hydrogen-bond donors (Lipinski definition) is 2. The fourth-order valence-corrected chi connectivity index (χ4v) is 2.62. The van der Waals surface area contributed by atoms with Crippen molar-refractivity contribution in [1.29, 1.82) is 0 Å². The van der Waals surface area contributed by atoms with Crippen LogP contribution in [0.4, 0.5) is 14.5 Å². The van der Waals surface area contributed by atoms with Gasteiger partial charge >= 0.3 is 6.61 Å². The number of halogens is 2. The molecule has 8 heteroatoms. The zero-order valence-corrected chi connectivity index (χ0v) is 13.6. The standard InChI is InChI=1S/C16H21F2N3O3/c1-16(2)9-13(22)19-7-8-21(16)10-14(23)20-11-5-3-4-6-12(11)24-15(17)18/h3-6,15H,7-10H2,1-2H3,(H,19,22)(H,20,23). The Bertz CT molecular complexity index is 608. The van der Waals surface area contributed by atoms with E-state index < -0.39 is 12.2 Å². The Kier molecular flexibility index (Phi) is 5.71. The SMILES string of the molecule is CC1(C)CC(=O)NCCN1CC(=O)Nc1ccccc1OC(F)F. The number of anilines is 1. The Hall–Kier alpha value is -2.22. The first-order valence-electron chi connectivity index (χ1n) is 7.63. The monoisotopic (exact) mass is 341 g/mol. The number of carbonyl (C=O) groups is 2. The van der Waals surface area contributed by atoms with Gasteiger partial charge in [0.15, 0.2) is 0 Å². The first-order valence-corrected chi connectivity index (χ1v) is 7.63. The van der Waals surface area contributed by atoms with Gasteiger partial charge in [-0.2, -0.15) is 8.78 Å². The summed E-state index contributed by atoms with van der Waals surface area (Å²) in [5.41, 5.74) is -0.290. The highest BCUT2D eigenvalue weighted by atomic mass is 19.3. The average molecular weight is 341 g/mol. The smallest absolute Gasteiger partial charge is 0.387 e. The number of alkyl halides is 2. The molecule has 1 aromatic carbocycles.